The minimum absolute atomic E-state index is 0.0252. The molecule has 0 atom stereocenters. The Kier molecular flexibility index (Phi) is 6.36. The first kappa shape index (κ1) is 20.9. The van der Waals surface area contributed by atoms with Gasteiger partial charge in [0.25, 0.3) is 11.6 Å². The number of carbonyl (C=O) groups excluding carboxylic acids is 1. The minimum atomic E-state index is -0.597. The molecule has 1 heterocycles. The van der Waals surface area contributed by atoms with Crippen LogP contribution in [-0.2, 0) is 6.61 Å². The van der Waals surface area contributed by atoms with Gasteiger partial charge in [0.1, 0.15) is 29.6 Å². The number of aryl methyl sites for hydroxylation is 2. The molecule has 30 heavy (non-hydrogen) atoms. The van der Waals surface area contributed by atoms with Gasteiger partial charge in [-0.05, 0) is 68.3 Å². The van der Waals surface area contributed by atoms with E-state index in [2.05, 4.69) is 5.32 Å². The van der Waals surface area contributed by atoms with Crippen molar-refractivity contribution in [3.05, 3.63) is 81.3 Å². The van der Waals surface area contributed by atoms with Crippen molar-refractivity contribution >= 4 is 17.3 Å². The van der Waals surface area contributed by atoms with Crippen molar-refractivity contribution in [3.8, 4) is 11.5 Å². The number of carbonyl (C=O) groups is 1. The van der Waals surface area contributed by atoms with E-state index in [4.69, 9.17) is 13.9 Å². The summed E-state index contributed by atoms with van der Waals surface area (Å²) in [5.74, 6) is 0.948. The van der Waals surface area contributed by atoms with E-state index in [-0.39, 0.29) is 23.7 Å². The van der Waals surface area contributed by atoms with E-state index < -0.39 is 10.8 Å². The van der Waals surface area contributed by atoms with Crippen molar-refractivity contribution in [1.82, 2.24) is 0 Å². The maximum Gasteiger partial charge on any atom is 0.296 e. The molecule has 8 heteroatoms. The zero-order chi connectivity index (χ0) is 21.7. The molecule has 156 valence electrons. The Labute approximate surface area is 173 Å². The van der Waals surface area contributed by atoms with Crippen molar-refractivity contribution in [2.45, 2.75) is 27.4 Å². The molecule has 0 bridgehead atoms. The first-order valence-electron chi connectivity index (χ1n) is 9.38. The average Bonchev–Trinajstić information content (AvgIpc) is 3.16. The highest BCUT2D eigenvalue weighted by Gasteiger charge is 2.20. The molecular weight excluding hydrogens is 388 g/mol. The van der Waals surface area contributed by atoms with Crippen LogP contribution >= 0.6 is 0 Å². The highest BCUT2D eigenvalue weighted by Crippen LogP contribution is 2.29. The Morgan fingerprint density at radius 2 is 1.77 bits per heavy atom. The van der Waals surface area contributed by atoms with Crippen LogP contribution in [0, 0.1) is 24.0 Å². The molecule has 0 unspecified atom stereocenters. The molecule has 8 nitrogen and oxygen atoms in total. The summed E-state index contributed by atoms with van der Waals surface area (Å²) in [4.78, 5) is 23.2. The fraction of sp³-hybridized carbons (Fsp3) is 0.227. The number of rotatable bonds is 8. The third kappa shape index (κ3) is 5.16. The molecule has 0 radical (unpaired) electrons. The summed E-state index contributed by atoms with van der Waals surface area (Å²) in [6, 6.07) is 13.2. The fourth-order valence-electron chi connectivity index (χ4n) is 2.96. The summed E-state index contributed by atoms with van der Waals surface area (Å²) in [5, 5.41) is 13.8. The van der Waals surface area contributed by atoms with Crippen LogP contribution in [0.1, 0.15) is 34.4 Å². The van der Waals surface area contributed by atoms with Crippen LogP contribution in [0.2, 0.25) is 0 Å². The molecule has 3 rings (SSSR count). The Morgan fingerprint density at radius 1 is 1.03 bits per heavy atom. The van der Waals surface area contributed by atoms with Gasteiger partial charge in [-0.2, -0.15) is 0 Å². The summed E-state index contributed by atoms with van der Waals surface area (Å²) >= 11 is 0. The summed E-state index contributed by atoms with van der Waals surface area (Å²) in [6.45, 7) is 6.27. The predicted octanol–water partition coefficient (Wildman–Crippen LogP) is 5.03. The summed E-state index contributed by atoms with van der Waals surface area (Å²) in [6.07, 6.45) is 0. The summed E-state index contributed by atoms with van der Waals surface area (Å²) in [5.41, 5.74) is 1.96. The standard InChI is InChI=1S/C22H22N2O6/c1-4-28-16-5-7-19(20(12-16)24(26)27)23-22(25)21-8-6-17(30-21)13-29-18-10-14(2)9-15(3)11-18/h5-12H,4,13H2,1-3H3,(H,23,25). The van der Waals surface area contributed by atoms with Crippen molar-refractivity contribution in [3.63, 3.8) is 0 Å². The van der Waals surface area contributed by atoms with Gasteiger partial charge in [-0.15, -0.1) is 0 Å². The number of nitro benzene ring substituents is 1. The average molecular weight is 410 g/mol. The van der Waals surface area contributed by atoms with Crippen molar-refractivity contribution in [2.24, 2.45) is 0 Å². The predicted molar refractivity (Wildman–Crippen MR) is 111 cm³/mol. The van der Waals surface area contributed by atoms with E-state index >= 15 is 0 Å². The maximum absolute atomic E-state index is 12.5. The molecule has 1 aromatic heterocycles. The molecule has 0 aliphatic heterocycles. The van der Waals surface area contributed by atoms with E-state index in [1.807, 2.05) is 32.0 Å². The summed E-state index contributed by atoms with van der Waals surface area (Å²) < 4.78 is 16.5. The molecular formula is C22H22N2O6. The number of nitrogens with zero attached hydrogens (tertiary/aromatic N) is 1. The van der Waals surface area contributed by atoms with Gasteiger partial charge in [0.05, 0.1) is 17.6 Å². The second-order valence-corrected chi connectivity index (χ2v) is 6.70. The van der Waals surface area contributed by atoms with Gasteiger partial charge in [-0.3, -0.25) is 14.9 Å². The van der Waals surface area contributed by atoms with E-state index in [0.717, 1.165) is 11.1 Å². The lowest BCUT2D eigenvalue weighted by Gasteiger charge is -2.08. The number of nitrogens with one attached hydrogen (secondary N) is 1. The molecule has 0 saturated heterocycles. The normalized spacial score (nSPS) is 10.5. The number of amides is 1. The zero-order valence-corrected chi connectivity index (χ0v) is 16.9. The zero-order valence-electron chi connectivity index (χ0n) is 16.9. The minimum Gasteiger partial charge on any atom is -0.494 e. The van der Waals surface area contributed by atoms with Gasteiger partial charge in [-0.25, -0.2) is 0 Å². The van der Waals surface area contributed by atoms with Crippen LogP contribution in [0.4, 0.5) is 11.4 Å². The molecule has 1 amide bonds. The lowest BCUT2D eigenvalue weighted by atomic mass is 10.1. The van der Waals surface area contributed by atoms with Gasteiger partial charge in [-0.1, -0.05) is 6.07 Å². The van der Waals surface area contributed by atoms with Crippen molar-refractivity contribution in [2.75, 3.05) is 11.9 Å². The first-order chi connectivity index (χ1) is 14.4. The second-order valence-electron chi connectivity index (χ2n) is 6.70. The molecule has 0 aliphatic carbocycles. The SMILES string of the molecule is CCOc1ccc(NC(=O)c2ccc(COc3cc(C)cc(C)c3)o2)c([N+](=O)[O-])c1. The van der Waals surface area contributed by atoms with Crippen LogP contribution in [0.3, 0.4) is 0 Å². The molecule has 2 aromatic carbocycles. The van der Waals surface area contributed by atoms with Crippen LogP contribution in [-0.4, -0.2) is 17.4 Å². The van der Waals surface area contributed by atoms with Crippen LogP contribution in [0.25, 0.3) is 0 Å². The number of benzene rings is 2. The quantitative estimate of drug-likeness (QED) is 0.412. The molecule has 1 N–H and O–H groups in total. The third-order valence-corrected chi connectivity index (χ3v) is 4.19. The Hall–Kier alpha value is -3.81. The smallest absolute Gasteiger partial charge is 0.296 e. The number of nitro groups is 1. The van der Waals surface area contributed by atoms with E-state index in [9.17, 15) is 14.9 Å². The van der Waals surface area contributed by atoms with Crippen molar-refractivity contribution in [1.29, 1.82) is 0 Å². The molecule has 0 saturated carbocycles. The number of furan rings is 1. The van der Waals surface area contributed by atoms with E-state index in [1.54, 1.807) is 19.1 Å². The van der Waals surface area contributed by atoms with E-state index in [0.29, 0.717) is 23.9 Å². The largest absolute Gasteiger partial charge is 0.494 e. The van der Waals surface area contributed by atoms with Gasteiger partial charge in [0.2, 0.25) is 0 Å². The number of hydrogen-bond acceptors (Lipinski definition) is 6. The third-order valence-electron chi connectivity index (χ3n) is 4.19. The Bertz CT molecular complexity index is 1050. The first-order valence-corrected chi connectivity index (χ1v) is 9.38. The topological polar surface area (TPSA) is 104 Å². The van der Waals surface area contributed by atoms with Gasteiger partial charge in [0, 0.05) is 0 Å². The van der Waals surface area contributed by atoms with E-state index in [1.165, 1.54) is 18.2 Å². The van der Waals surface area contributed by atoms with Gasteiger partial charge in [0.15, 0.2) is 5.76 Å². The lowest BCUT2D eigenvalue weighted by molar-refractivity contribution is -0.384. The van der Waals surface area contributed by atoms with Gasteiger partial charge < -0.3 is 19.2 Å². The van der Waals surface area contributed by atoms with Crippen LogP contribution in [0.5, 0.6) is 11.5 Å². The molecule has 0 spiro atoms. The number of anilines is 1. The van der Waals surface area contributed by atoms with Crippen LogP contribution < -0.4 is 14.8 Å². The molecule has 0 aliphatic rings. The second kappa shape index (κ2) is 9.13. The number of hydrogen-bond donors (Lipinski definition) is 1. The van der Waals surface area contributed by atoms with Gasteiger partial charge >= 0.3 is 0 Å². The molecule has 0 fully saturated rings. The maximum atomic E-state index is 12.5. The Balaban J connectivity index is 1.68. The lowest BCUT2D eigenvalue weighted by Crippen LogP contribution is -2.12. The highest BCUT2D eigenvalue weighted by molar-refractivity contribution is 6.03. The number of ether oxygens (including phenoxy) is 2. The molecule has 3 aromatic rings. The fourth-order valence-corrected chi connectivity index (χ4v) is 2.96. The van der Waals surface area contributed by atoms with Crippen molar-refractivity contribution < 1.29 is 23.6 Å². The highest BCUT2D eigenvalue weighted by atomic mass is 16.6. The monoisotopic (exact) mass is 410 g/mol. The van der Waals surface area contributed by atoms with Crippen LogP contribution in [0.15, 0.2) is 52.9 Å². The summed E-state index contributed by atoms with van der Waals surface area (Å²) in [7, 11) is 0. The Morgan fingerprint density at radius 3 is 2.43 bits per heavy atom.